The molecular weight excluding hydrogens is 328 g/mol. The molecule has 0 unspecified atom stereocenters. The molecule has 1 amide bonds. The summed E-state index contributed by atoms with van der Waals surface area (Å²) in [5.41, 5.74) is 2.17. The van der Waals surface area contributed by atoms with Crippen LogP contribution in [-0.2, 0) is 17.8 Å². The molecule has 1 saturated heterocycles. The van der Waals surface area contributed by atoms with Gasteiger partial charge in [0.1, 0.15) is 6.54 Å². The minimum absolute atomic E-state index is 0.00609. The van der Waals surface area contributed by atoms with E-state index < -0.39 is 0 Å². The van der Waals surface area contributed by atoms with Gasteiger partial charge in [-0.15, -0.1) is 0 Å². The molecule has 1 atom stereocenters. The highest BCUT2D eigenvalue weighted by molar-refractivity contribution is 5.76. The molecular formula is C20H26N4O2. The number of aryl methyl sites for hydroxylation is 3. The predicted octanol–water partition coefficient (Wildman–Crippen LogP) is 2.27. The first kappa shape index (κ1) is 18.3. The minimum atomic E-state index is -0.349. The Morgan fingerprint density at radius 3 is 2.85 bits per heavy atom. The topological polar surface area (TPSA) is 68.1 Å². The normalized spacial score (nSPS) is 17.3. The van der Waals surface area contributed by atoms with Crippen molar-refractivity contribution in [2.45, 2.75) is 58.5 Å². The number of nitrogens with zero attached hydrogens (tertiary/aromatic N) is 4. The van der Waals surface area contributed by atoms with Crippen LogP contribution in [0.4, 0.5) is 0 Å². The van der Waals surface area contributed by atoms with E-state index in [0.29, 0.717) is 5.69 Å². The van der Waals surface area contributed by atoms with Crippen LogP contribution in [-0.4, -0.2) is 37.9 Å². The number of likely N-dealkylation sites (tertiary alicyclic amines) is 1. The van der Waals surface area contributed by atoms with E-state index in [2.05, 4.69) is 9.97 Å². The first-order valence-electron chi connectivity index (χ1n) is 9.29. The van der Waals surface area contributed by atoms with Gasteiger partial charge in [-0.2, -0.15) is 4.98 Å². The summed E-state index contributed by atoms with van der Waals surface area (Å²) in [6.45, 7) is 4.47. The summed E-state index contributed by atoms with van der Waals surface area (Å²) in [4.78, 5) is 35.3. The molecule has 3 rings (SSSR count). The molecule has 6 nitrogen and oxygen atoms in total. The van der Waals surface area contributed by atoms with E-state index in [4.69, 9.17) is 0 Å². The molecule has 0 aromatic carbocycles. The molecule has 1 aliphatic heterocycles. The Hall–Kier alpha value is -2.50. The Morgan fingerprint density at radius 1 is 1.27 bits per heavy atom. The first-order valence-corrected chi connectivity index (χ1v) is 9.29. The van der Waals surface area contributed by atoms with Gasteiger partial charge in [0.2, 0.25) is 5.91 Å². The second-order valence-electron chi connectivity index (χ2n) is 7.00. The van der Waals surface area contributed by atoms with Crippen molar-refractivity contribution in [1.29, 1.82) is 0 Å². The van der Waals surface area contributed by atoms with Crippen LogP contribution in [0.5, 0.6) is 0 Å². The molecule has 0 radical (unpaired) electrons. The maximum atomic E-state index is 12.9. The van der Waals surface area contributed by atoms with E-state index in [9.17, 15) is 9.59 Å². The predicted molar refractivity (Wildman–Crippen MR) is 99.9 cm³/mol. The zero-order valence-electron chi connectivity index (χ0n) is 15.5. The van der Waals surface area contributed by atoms with Crippen molar-refractivity contribution in [1.82, 2.24) is 19.4 Å². The van der Waals surface area contributed by atoms with Crippen molar-refractivity contribution >= 4 is 5.91 Å². The van der Waals surface area contributed by atoms with Gasteiger partial charge in [0.25, 0.3) is 0 Å². The Morgan fingerprint density at radius 2 is 2.12 bits per heavy atom. The zero-order valence-corrected chi connectivity index (χ0v) is 15.5. The van der Waals surface area contributed by atoms with Crippen molar-refractivity contribution in [3.05, 3.63) is 58.0 Å². The van der Waals surface area contributed by atoms with E-state index in [1.807, 2.05) is 36.1 Å². The van der Waals surface area contributed by atoms with E-state index in [0.717, 1.165) is 50.0 Å². The van der Waals surface area contributed by atoms with Crippen LogP contribution in [0.1, 0.15) is 42.8 Å². The molecule has 0 aliphatic carbocycles. The third-order valence-electron chi connectivity index (χ3n) is 5.05. The zero-order chi connectivity index (χ0) is 18.5. The fourth-order valence-electron chi connectivity index (χ4n) is 3.68. The van der Waals surface area contributed by atoms with Crippen LogP contribution >= 0.6 is 0 Å². The minimum Gasteiger partial charge on any atom is -0.338 e. The van der Waals surface area contributed by atoms with Gasteiger partial charge in [-0.3, -0.25) is 14.3 Å². The molecule has 0 N–H and O–H groups in total. The number of piperidine rings is 1. The molecule has 1 fully saturated rings. The third-order valence-corrected chi connectivity index (χ3v) is 5.05. The van der Waals surface area contributed by atoms with Crippen LogP contribution in [0.15, 0.2) is 35.3 Å². The van der Waals surface area contributed by atoms with Crippen molar-refractivity contribution in [3.8, 4) is 0 Å². The Labute approximate surface area is 153 Å². The number of hydrogen-bond donors (Lipinski definition) is 0. The van der Waals surface area contributed by atoms with Crippen LogP contribution in [0.25, 0.3) is 0 Å². The maximum absolute atomic E-state index is 12.9. The van der Waals surface area contributed by atoms with Gasteiger partial charge in [0.15, 0.2) is 0 Å². The number of hydrogen-bond acceptors (Lipinski definition) is 4. The number of rotatable bonds is 5. The Kier molecular flexibility index (Phi) is 5.81. The van der Waals surface area contributed by atoms with Gasteiger partial charge < -0.3 is 4.90 Å². The number of carbonyl (C=O) groups is 1. The summed E-state index contributed by atoms with van der Waals surface area (Å²) in [5.74, 6) is 0.00609. The van der Waals surface area contributed by atoms with E-state index >= 15 is 0 Å². The third kappa shape index (κ3) is 4.36. The monoisotopic (exact) mass is 354 g/mol. The summed E-state index contributed by atoms with van der Waals surface area (Å²) in [6.07, 6.45) is 6.74. The lowest BCUT2D eigenvalue weighted by Crippen LogP contribution is -2.46. The van der Waals surface area contributed by atoms with Gasteiger partial charge in [0.05, 0.1) is 0 Å². The standard InChI is InChI=1S/C20H26N4O2/c1-15-13-16(2)24(20(26)22-15)14-19(25)23-12-6-4-8-18(23)10-9-17-7-3-5-11-21-17/h3,5,7,11,13,18H,4,6,8-10,12,14H2,1-2H3/t18-/m1/s1. The van der Waals surface area contributed by atoms with Crippen molar-refractivity contribution in [3.63, 3.8) is 0 Å². The maximum Gasteiger partial charge on any atom is 0.348 e. The molecule has 138 valence electrons. The largest absolute Gasteiger partial charge is 0.348 e. The van der Waals surface area contributed by atoms with Gasteiger partial charge in [0, 0.05) is 35.9 Å². The molecule has 2 aromatic heterocycles. The number of amides is 1. The van der Waals surface area contributed by atoms with Crippen LogP contribution in [0, 0.1) is 13.8 Å². The lowest BCUT2D eigenvalue weighted by atomic mass is 9.97. The van der Waals surface area contributed by atoms with Gasteiger partial charge in [-0.1, -0.05) is 6.07 Å². The average molecular weight is 354 g/mol. The summed E-state index contributed by atoms with van der Waals surface area (Å²) < 4.78 is 1.47. The van der Waals surface area contributed by atoms with Crippen LogP contribution in [0.2, 0.25) is 0 Å². The number of pyridine rings is 1. The molecule has 26 heavy (non-hydrogen) atoms. The second-order valence-corrected chi connectivity index (χ2v) is 7.00. The molecule has 3 heterocycles. The Bertz CT molecular complexity index is 816. The summed E-state index contributed by atoms with van der Waals surface area (Å²) in [5, 5.41) is 0. The average Bonchev–Trinajstić information content (AvgIpc) is 2.64. The van der Waals surface area contributed by atoms with Gasteiger partial charge in [-0.05, 0) is 64.2 Å². The quantitative estimate of drug-likeness (QED) is 0.826. The highest BCUT2D eigenvalue weighted by atomic mass is 16.2. The van der Waals surface area contributed by atoms with Crippen molar-refractivity contribution in [2.24, 2.45) is 0 Å². The number of carbonyl (C=O) groups excluding carboxylic acids is 1. The summed E-state index contributed by atoms with van der Waals surface area (Å²) in [7, 11) is 0. The fraction of sp³-hybridized carbons (Fsp3) is 0.500. The fourth-order valence-corrected chi connectivity index (χ4v) is 3.68. The summed E-state index contributed by atoms with van der Waals surface area (Å²) in [6, 6.07) is 7.98. The highest BCUT2D eigenvalue weighted by Gasteiger charge is 2.27. The second kappa shape index (κ2) is 8.25. The number of aromatic nitrogens is 3. The first-order chi connectivity index (χ1) is 12.5. The SMILES string of the molecule is Cc1cc(C)n(CC(=O)N2CCCC[C@@H]2CCc2ccccn2)c(=O)n1. The lowest BCUT2D eigenvalue weighted by molar-refractivity contribution is -0.135. The van der Waals surface area contributed by atoms with Crippen LogP contribution < -0.4 is 5.69 Å². The molecule has 0 bridgehead atoms. The van der Waals surface area contributed by atoms with E-state index in [1.54, 1.807) is 13.1 Å². The molecule has 1 aliphatic rings. The van der Waals surface area contributed by atoms with E-state index in [1.165, 1.54) is 4.57 Å². The van der Waals surface area contributed by atoms with Gasteiger partial charge in [-0.25, -0.2) is 4.79 Å². The molecule has 0 saturated carbocycles. The smallest absolute Gasteiger partial charge is 0.338 e. The molecule has 6 heteroatoms. The molecule has 2 aromatic rings. The summed E-state index contributed by atoms with van der Waals surface area (Å²) >= 11 is 0. The Balaban J connectivity index is 1.69. The van der Waals surface area contributed by atoms with Crippen LogP contribution in [0.3, 0.4) is 0 Å². The van der Waals surface area contributed by atoms with Crippen molar-refractivity contribution in [2.75, 3.05) is 6.54 Å². The van der Waals surface area contributed by atoms with E-state index in [-0.39, 0.29) is 24.2 Å². The van der Waals surface area contributed by atoms with Gasteiger partial charge >= 0.3 is 5.69 Å². The van der Waals surface area contributed by atoms with Crippen molar-refractivity contribution < 1.29 is 4.79 Å². The molecule has 0 spiro atoms. The highest BCUT2D eigenvalue weighted by Crippen LogP contribution is 2.21. The lowest BCUT2D eigenvalue weighted by Gasteiger charge is -2.36.